The molecule has 1 aromatic carbocycles. The number of nitrogens with one attached hydrogen (secondary N) is 2. The molecule has 0 saturated carbocycles. The van der Waals surface area contributed by atoms with Gasteiger partial charge in [0.1, 0.15) is 5.82 Å². The lowest BCUT2D eigenvalue weighted by molar-refractivity contribution is 0.0198. The van der Waals surface area contributed by atoms with E-state index >= 15 is 0 Å². The van der Waals surface area contributed by atoms with Crippen molar-refractivity contribution < 1.29 is 4.74 Å². The Balaban J connectivity index is 1.41. The van der Waals surface area contributed by atoms with Crippen molar-refractivity contribution in [1.82, 2.24) is 14.9 Å². The van der Waals surface area contributed by atoms with Gasteiger partial charge in [0.2, 0.25) is 5.95 Å². The lowest BCUT2D eigenvalue weighted by atomic mass is 9.80. The van der Waals surface area contributed by atoms with Crippen molar-refractivity contribution in [2.75, 3.05) is 36.9 Å². The first-order valence-corrected chi connectivity index (χ1v) is 12.0. The second-order valence-electron chi connectivity index (χ2n) is 10.1. The van der Waals surface area contributed by atoms with Crippen molar-refractivity contribution in [3.05, 3.63) is 65.4 Å². The maximum Gasteiger partial charge on any atom is 0.229 e. The second kappa shape index (κ2) is 10.1. The molecule has 4 rings (SSSR count). The van der Waals surface area contributed by atoms with Crippen LogP contribution in [-0.2, 0) is 4.74 Å². The van der Waals surface area contributed by atoms with E-state index in [-0.39, 0.29) is 11.5 Å². The average Bonchev–Trinajstić information content (AvgIpc) is 2.81. The van der Waals surface area contributed by atoms with Gasteiger partial charge in [-0.2, -0.15) is 4.98 Å². The Labute approximate surface area is 198 Å². The van der Waals surface area contributed by atoms with Crippen LogP contribution in [-0.4, -0.2) is 47.2 Å². The highest BCUT2D eigenvalue weighted by Crippen LogP contribution is 2.32. The lowest BCUT2D eigenvalue weighted by Crippen LogP contribution is -2.37. The number of hydrogen-bond acceptors (Lipinski definition) is 6. The van der Waals surface area contributed by atoms with E-state index in [1.807, 2.05) is 13.1 Å². The first-order chi connectivity index (χ1) is 15.8. The zero-order chi connectivity index (χ0) is 23.4. The summed E-state index contributed by atoms with van der Waals surface area (Å²) in [6, 6.07) is 9.18. The number of nitrogens with zero attached hydrogens (tertiary/aromatic N) is 3. The number of hydrogen-bond donors (Lipinski definition) is 2. The van der Waals surface area contributed by atoms with E-state index in [0.29, 0.717) is 12.0 Å². The van der Waals surface area contributed by atoms with Crippen LogP contribution in [0.4, 0.5) is 17.5 Å². The van der Waals surface area contributed by atoms with Gasteiger partial charge in [0, 0.05) is 42.6 Å². The summed E-state index contributed by atoms with van der Waals surface area (Å²) in [6.45, 7) is 14.7. The van der Waals surface area contributed by atoms with Crippen LogP contribution in [0.5, 0.6) is 0 Å². The molecule has 6 nitrogen and oxygen atoms in total. The molecule has 176 valence electrons. The standard InChI is InChI=1S/C27H37N5O/c1-19-18-28-26(31-25(19)29-24-8-6-7-22(17-24)27(3,4)5)30-23-11-9-21(10-12-23)20(2)32-13-15-33-16-14-32/h6-12,18,20,24H,13-17H2,1-5H3,(H2,28,29,30,31). The average molecular weight is 448 g/mol. The minimum absolute atomic E-state index is 0.170. The van der Waals surface area contributed by atoms with E-state index in [1.165, 1.54) is 11.1 Å². The molecule has 2 aliphatic rings. The molecule has 0 amide bonds. The first kappa shape index (κ1) is 23.5. The summed E-state index contributed by atoms with van der Waals surface area (Å²) >= 11 is 0. The van der Waals surface area contributed by atoms with E-state index in [9.17, 15) is 0 Å². The number of ether oxygens (including phenoxy) is 1. The van der Waals surface area contributed by atoms with Gasteiger partial charge in [-0.15, -0.1) is 0 Å². The predicted octanol–water partition coefficient (Wildman–Crippen LogP) is 5.63. The summed E-state index contributed by atoms with van der Waals surface area (Å²) in [5, 5.41) is 6.97. The third-order valence-electron chi connectivity index (χ3n) is 6.58. The molecule has 0 spiro atoms. The van der Waals surface area contributed by atoms with E-state index in [1.54, 1.807) is 0 Å². The van der Waals surface area contributed by atoms with Crippen molar-refractivity contribution in [2.45, 2.75) is 53.1 Å². The van der Waals surface area contributed by atoms with Crippen LogP contribution in [0.3, 0.4) is 0 Å². The molecule has 0 radical (unpaired) electrons. The van der Waals surface area contributed by atoms with Gasteiger partial charge < -0.3 is 15.4 Å². The topological polar surface area (TPSA) is 62.3 Å². The molecule has 2 atom stereocenters. The van der Waals surface area contributed by atoms with Crippen molar-refractivity contribution in [2.24, 2.45) is 5.41 Å². The molecule has 1 fully saturated rings. The van der Waals surface area contributed by atoms with E-state index < -0.39 is 0 Å². The van der Waals surface area contributed by atoms with Gasteiger partial charge in [-0.1, -0.05) is 56.7 Å². The minimum Gasteiger partial charge on any atom is -0.379 e. The summed E-state index contributed by atoms with van der Waals surface area (Å²) in [5.74, 6) is 1.47. The normalized spacial score (nSPS) is 20.3. The van der Waals surface area contributed by atoms with Crippen LogP contribution in [0.15, 0.2) is 54.3 Å². The molecule has 2 N–H and O–H groups in total. The zero-order valence-electron chi connectivity index (χ0n) is 20.6. The maximum atomic E-state index is 5.48. The Morgan fingerprint density at radius 3 is 2.55 bits per heavy atom. The molecule has 33 heavy (non-hydrogen) atoms. The van der Waals surface area contributed by atoms with Gasteiger partial charge in [0.25, 0.3) is 0 Å². The van der Waals surface area contributed by atoms with Gasteiger partial charge in [0.15, 0.2) is 0 Å². The number of aromatic nitrogens is 2. The Hall–Kier alpha value is -2.70. The minimum atomic E-state index is 0.170. The molecule has 2 heterocycles. The Morgan fingerprint density at radius 1 is 1.12 bits per heavy atom. The molecule has 2 unspecified atom stereocenters. The van der Waals surface area contributed by atoms with Crippen LogP contribution in [0.2, 0.25) is 0 Å². The fourth-order valence-electron chi connectivity index (χ4n) is 4.31. The highest BCUT2D eigenvalue weighted by molar-refractivity contribution is 5.57. The van der Waals surface area contributed by atoms with Gasteiger partial charge >= 0.3 is 0 Å². The van der Waals surface area contributed by atoms with Crippen molar-refractivity contribution in [3.8, 4) is 0 Å². The van der Waals surface area contributed by atoms with Crippen LogP contribution in [0.1, 0.15) is 51.3 Å². The number of aryl methyl sites for hydroxylation is 1. The van der Waals surface area contributed by atoms with Crippen molar-refractivity contribution in [3.63, 3.8) is 0 Å². The summed E-state index contributed by atoms with van der Waals surface area (Å²) in [6.07, 6.45) is 9.45. The largest absolute Gasteiger partial charge is 0.379 e. The first-order valence-electron chi connectivity index (χ1n) is 12.0. The molecule has 6 heteroatoms. The summed E-state index contributed by atoms with van der Waals surface area (Å²) < 4.78 is 5.48. The van der Waals surface area contributed by atoms with Gasteiger partial charge in [0.05, 0.1) is 13.2 Å². The van der Waals surface area contributed by atoms with Gasteiger partial charge in [-0.05, 0) is 43.4 Å². The Morgan fingerprint density at radius 2 is 1.85 bits per heavy atom. The van der Waals surface area contributed by atoms with Gasteiger partial charge in [-0.3, -0.25) is 4.90 Å². The predicted molar refractivity (Wildman–Crippen MR) is 136 cm³/mol. The Bertz CT molecular complexity index is 1000. The highest BCUT2D eigenvalue weighted by Gasteiger charge is 2.22. The number of benzene rings is 1. The third-order valence-corrected chi connectivity index (χ3v) is 6.58. The SMILES string of the molecule is Cc1cnc(Nc2ccc(C(C)N3CCOCC3)cc2)nc1NC1C=CC=C(C(C)(C)C)C1. The van der Waals surface area contributed by atoms with Crippen LogP contribution in [0, 0.1) is 12.3 Å². The number of rotatable bonds is 6. The summed E-state index contributed by atoms with van der Waals surface area (Å²) in [5.41, 5.74) is 4.94. The fraction of sp³-hybridized carbons (Fsp3) is 0.481. The van der Waals surface area contributed by atoms with Gasteiger partial charge in [-0.25, -0.2) is 4.98 Å². The van der Waals surface area contributed by atoms with Crippen LogP contribution < -0.4 is 10.6 Å². The highest BCUT2D eigenvalue weighted by atomic mass is 16.5. The second-order valence-corrected chi connectivity index (χ2v) is 10.1. The van der Waals surface area contributed by atoms with Crippen molar-refractivity contribution in [1.29, 1.82) is 0 Å². The zero-order valence-corrected chi connectivity index (χ0v) is 20.6. The number of allylic oxidation sites excluding steroid dienone is 2. The fourth-order valence-corrected chi connectivity index (χ4v) is 4.31. The number of anilines is 3. The monoisotopic (exact) mass is 447 g/mol. The molecule has 2 aromatic rings. The lowest BCUT2D eigenvalue weighted by Gasteiger charge is -2.32. The molecule has 0 bridgehead atoms. The smallest absolute Gasteiger partial charge is 0.229 e. The Kier molecular flexibility index (Phi) is 7.15. The third kappa shape index (κ3) is 6.01. The summed E-state index contributed by atoms with van der Waals surface area (Å²) in [7, 11) is 0. The summed E-state index contributed by atoms with van der Waals surface area (Å²) in [4.78, 5) is 11.7. The molecular weight excluding hydrogens is 410 g/mol. The van der Waals surface area contributed by atoms with E-state index in [2.05, 4.69) is 90.7 Å². The molecule has 1 aromatic heterocycles. The molecular formula is C27H37N5O. The molecule has 1 aliphatic carbocycles. The molecule has 1 saturated heterocycles. The van der Waals surface area contributed by atoms with Crippen molar-refractivity contribution >= 4 is 17.5 Å². The maximum absolute atomic E-state index is 5.48. The van der Waals surface area contributed by atoms with Crippen LogP contribution >= 0.6 is 0 Å². The van der Waals surface area contributed by atoms with E-state index in [4.69, 9.17) is 9.72 Å². The van der Waals surface area contributed by atoms with Crippen LogP contribution in [0.25, 0.3) is 0 Å². The number of morpholine rings is 1. The quantitative estimate of drug-likeness (QED) is 0.598. The molecule has 1 aliphatic heterocycles. The van der Waals surface area contributed by atoms with E-state index in [0.717, 1.165) is 49.8 Å².